The number of halogens is 4. The lowest BCUT2D eigenvalue weighted by atomic mass is 9.89. The maximum atomic E-state index is 13.4. The van der Waals surface area contributed by atoms with E-state index in [0.717, 1.165) is 17.7 Å². The molecule has 0 radical (unpaired) electrons. The van der Waals surface area contributed by atoms with Crippen LogP contribution in [0.4, 0.5) is 22.4 Å². The number of nitrogens with one attached hydrogen (secondary N) is 1. The Morgan fingerprint density at radius 3 is 2.24 bits per heavy atom. The molecule has 37 heavy (non-hydrogen) atoms. The molecule has 3 heterocycles. The molecular formula is C25H26F4N4O4. The third-order valence-corrected chi connectivity index (χ3v) is 7.01. The molecule has 2 saturated heterocycles. The second kappa shape index (κ2) is 10.7. The Hall–Kier alpha value is -3.70. The molecule has 2 fully saturated rings. The van der Waals surface area contributed by atoms with Crippen molar-refractivity contribution >= 4 is 17.9 Å². The summed E-state index contributed by atoms with van der Waals surface area (Å²) in [5, 5.41) is 11.4. The Morgan fingerprint density at radius 2 is 1.68 bits per heavy atom. The first kappa shape index (κ1) is 26.4. The number of nitrogens with zero attached hydrogens (tertiary/aromatic N) is 3. The molecule has 0 saturated carbocycles. The van der Waals surface area contributed by atoms with Gasteiger partial charge in [-0.15, -0.1) is 0 Å². The quantitative estimate of drug-likeness (QED) is 0.585. The van der Waals surface area contributed by atoms with Gasteiger partial charge in [-0.05, 0) is 42.7 Å². The molecule has 8 nitrogen and oxygen atoms in total. The highest BCUT2D eigenvalue weighted by Crippen LogP contribution is 2.35. The van der Waals surface area contributed by atoms with E-state index in [2.05, 4.69) is 10.3 Å². The van der Waals surface area contributed by atoms with Gasteiger partial charge in [-0.25, -0.2) is 9.18 Å². The molecule has 1 aromatic carbocycles. The van der Waals surface area contributed by atoms with E-state index in [1.165, 1.54) is 17.0 Å². The summed E-state index contributed by atoms with van der Waals surface area (Å²) < 4.78 is 51.6. The first-order chi connectivity index (χ1) is 17.5. The Bertz CT molecular complexity index is 1130. The number of amides is 3. The molecule has 0 bridgehead atoms. The van der Waals surface area contributed by atoms with Crippen LogP contribution in [0.3, 0.4) is 0 Å². The highest BCUT2D eigenvalue weighted by molar-refractivity contribution is 5.92. The van der Waals surface area contributed by atoms with Gasteiger partial charge in [-0.3, -0.25) is 14.6 Å². The molecule has 0 unspecified atom stereocenters. The third-order valence-electron chi connectivity index (χ3n) is 7.01. The van der Waals surface area contributed by atoms with Crippen LogP contribution < -0.4 is 5.32 Å². The first-order valence-corrected chi connectivity index (χ1v) is 11.9. The third kappa shape index (κ3) is 6.17. The molecule has 2 aliphatic heterocycles. The summed E-state index contributed by atoms with van der Waals surface area (Å²) in [7, 11) is 0. The maximum Gasteiger partial charge on any atom is 0.417 e. The van der Waals surface area contributed by atoms with Crippen molar-refractivity contribution in [2.45, 2.75) is 24.9 Å². The van der Waals surface area contributed by atoms with Crippen molar-refractivity contribution < 1.29 is 37.1 Å². The lowest BCUT2D eigenvalue weighted by molar-refractivity contribution is -0.138. The second-order valence-electron chi connectivity index (χ2n) is 9.34. The summed E-state index contributed by atoms with van der Waals surface area (Å²) in [6.45, 7) is 1.38. The molecule has 3 amide bonds. The van der Waals surface area contributed by atoms with Crippen molar-refractivity contribution in [1.82, 2.24) is 20.1 Å². The number of alkyl halides is 3. The van der Waals surface area contributed by atoms with Crippen LogP contribution in [0.1, 0.15) is 40.4 Å². The Morgan fingerprint density at radius 1 is 1.00 bits per heavy atom. The number of carbonyl (C=O) groups excluding carboxylic acids is 2. The molecule has 198 valence electrons. The Kier molecular flexibility index (Phi) is 7.65. The van der Waals surface area contributed by atoms with Crippen LogP contribution in [-0.2, 0) is 11.0 Å². The zero-order valence-electron chi connectivity index (χ0n) is 19.7. The van der Waals surface area contributed by atoms with Gasteiger partial charge < -0.3 is 20.2 Å². The summed E-state index contributed by atoms with van der Waals surface area (Å²) in [5.41, 5.74) is -0.207. The van der Waals surface area contributed by atoms with Crippen molar-refractivity contribution in [2.75, 3.05) is 32.7 Å². The summed E-state index contributed by atoms with van der Waals surface area (Å²) >= 11 is 0. The SMILES string of the molecule is O=C(O)NC[C@H]1CN(C(=O)C2CCN(C(=O)c3ccc(C(F)(F)F)cn3)CC2)C[C@H]1c1ccc(F)cc1. The standard InChI is InChI=1S/C25H26F4N4O4/c26-19-4-1-15(2-5-19)20-14-33(13-17(20)11-31-24(36)37)22(34)16-7-9-32(10-8-16)23(35)21-6-3-18(12-30-21)25(27,28)29/h1-6,12,16-17,20,31H,7-11,13-14H2,(H,36,37)/t17-,20-/m0/s1. The van der Waals surface area contributed by atoms with Gasteiger partial charge in [-0.2, -0.15) is 13.2 Å². The van der Waals surface area contributed by atoms with E-state index in [-0.39, 0.29) is 54.8 Å². The van der Waals surface area contributed by atoms with Crippen LogP contribution >= 0.6 is 0 Å². The Labute approximate surface area is 210 Å². The van der Waals surface area contributed by atoms with Gasteiger partial charge in [0.05, 0.1) is 5.56 Å². The topological polar surface area (TPSA) is 103 Å². The summed E-state index contributed by atoms with van der Waals surface area (Å²) in [4.78, 5) is 43.9. The van der Waals surface area contributed by atoms with Crippen molar-refractivity contribution in [2.24, 2.45) is 11.8 Å². The fourth-order valence-electron chi connectivity index (χ4n) is 5.00. The van der Waals surface area contributed by atoms with Crippen LogP contribution in [-0.4, -0.2) is 70.5 Å². The van der Waals surface area contributed by atoms with Crippen molar-refractivity contribution in [1.29, 1.82) is 0 Å². The van der Waals surface area contributed by atoms with E-state index in [1.54, 1.807) is 17.0 Å². The molecule has 2 N–H and O–H groups in total. The fourth-order valence-corrected chi connectivity index (χ4v) is 5.00. The number of hydrogen-bond acceptors (Lipinski definition) is 4. The first-order valence-electron chi connectivity index (χ1n) is 11.9. The van der Waals surface area contributed by atoms with E-state index >= 15 is 0 Å². The van der Waals surface area contributed by atoms with E-state index in [0.29, 0.717) is 32.1 Å². The number of aromatic nitrogens is 1. The van der Waals surface area contributed by atoms with Crippen LogP contribution in [0, 0.1) is 17.7 Å². The van der Waals surface area contributed by atoms with Crippen LogP contribution in [0.5, 0.6) is 0 Å². The van der Waals surface area contributed by atoms with E-state index in [1.807, 2.05) is 0 Å². The van der Waals surface area contributed by atoms with Gasteiger partial charge in [0.25, 0.3) is 5.91 Å². The van der Waals surface area contributed by atoms with E-state index in [4.69, 9.17) is 5.11 Å². The minimum absolute atomic E-state index is 0.0896. The molecular weight excluding hydrogens is 496 g/mol. The molecule has 4 rings (SSSR count). The minimum Gasteiger partial charge on any atom is -0.465 e. The van der Waals surface area contributed by atoms with Gasteiger partial charge in [0.1, 0.15) is 11.5 Å². The van der Waals surface area contributed by atoms with E-state index < -0.39 is 23.7 Å². The number of likely N-dealkylation sites (tertiary alicyclic amines) is 2. The number of carboxylic acid groups (broad SMARTS) is 1. The minimum atomic E-state index is -4.54. The smallest absolute Gasteiger partial charge is 0.417 e. The zero-order valence-corrected chi connectivity index (χ0v) is 19.7. The number of benzene rings is 1. The van der Waals surface area contributed by atoms with Crippen LogP contribution in [0.25, 0.3) is 0 Å². The number of rotatable bonds is 5. The molecule has 2 aromatic rings. The molecule has 2 atom stereocenters. The lowest BCUT2D eigenvalue weighted by Crippen LogP contribution is -2.44. The largest absolute Gasteiger partial charge is 0.465 e. The predicted molar refractivity (Wildman–Crippen MR) is 123 cm³/mol. The Balaban J connectivity index is 1.37. The molecule has 12 heteroatoms. The van der Waals surface area contributed by atoms with Crippen molar-refractivity contribution in [3.05, 3.63) is 65.2 Å². The zero-order chi connectivity index (χ0) is 26.7. The normalized spacial score (nSPS) is 20.6. The number of piperidine rings is 1. The average Bonchev–Trinajstić information content (AvgIpc) is 3.31. The maximum absolute atomic E-state index is 13.4. The van der Waals surface area contributed by atoms with Gasteiger partial charge >= 0.3 is 12.3 Å². The summed E-state index contributed by atoms with van der Waals surface area (Å²) in [6.07, 6.45) is -4.30. The molecule has 2 aliphatic rings. The summed E-state index contributed by atoms with van der Waals surface area (Å²) in [6, 6.07) is 7.81. The van der Waals surface area contributed by atoms with Crippen molar-refractivity contribution in [3.8, 4) is 0 Å². The molecule has 0 spiro atoms. The summed E-state index contributed by atoms with van der Waals surface area (Å²) in [5.74, 6) is -1.66. The van der Waals surface area contributed by atoms with Crippen LogP contribution in [0.15, 0.2) is 42.6 Å². The average molecular weight is 522 g/mol. The van der Waals surface area contributed by atoms with Gasteiger partial charge in [0.2, 0.25) is 5.91 Å². The number of carbonyl (C=O) groups is 3. The predicted octanol–water partition coefficient (Wildman–Crippen LogP) is 3.60. The fraction of sp³-hybridized carbons (Fsp3) is 0.440. The van der Waals surface area contributed by atoms with Gasteiger partial charge in [0, 0.05) is 56.7 Å². The van der Waals surface area contributed by atoms with Gasteiger partial charge in [0.15, 0.2) is 0 Å². The lowest BCUT2D eigenvalue weighted by Gasteiger charge is -2.33. The molecule has 1 aromatic heterocycles. The number of pyridine rings is 1. The van der Waals surface area contributed by atoms with E-state index in [9.17, 15) is 31.9 Å². The van der Waals surface area contributed by atoms with Crippen LogP contribution in [0.2, 0.25) is 0 Å². The second-order valence-corrected chi connectivity index (χ2v) is 9.34. The molecule has 0 aliphatic carbocycles. The van der Waals surface area contributed by atoms with Gasteiger partial charge in [-0.1, -0.05) is 12.1 Å². The highest BCUT2D eigenvalue weighted by Gasteiger charge is 2.39. The highest BCUT2D eigenvalue weighted by atomic mass is 19.4. The monoisotopic (exact) mass is 522 g/mol. The van der Waals surface area contributed by atoms with Crippen molar-refractivity contribution in [3.63, 3.8) is 0 Å². The number of hydrogen-bond donors (Lipinski definition) is 2.